The smallest absolute Gasteiger partial charge is 0.264 e. The number of hydrogen-bond acceptors (Lipinski definition) is 6. The van der Waals surface area contributed by atoms with Crippen LogP contribution in [0.1, 0.15) is 6.92 Å². The SMILES string of the molecule is CCn1cnc(S(=O)(=O)N2CCOCC2N=C=O)c1. The third-order valence-corrected chi connectivity index (χ3v) is 4.59. The number of aliphatic imine (C=N–C) groups is 1. The summed E-state index contributed by atoms with van der Waals surface area (Å²) in [6.45, 7) is 2.95. The highest BCUT2D eigenvalue weighted by Crippen LogP contribution is 2.19. The minimum absolute atomic E-state index is 0.0446. The quantitative estimate of drug-likeness (QED) is 0.554. The molecule has 1 atom stereocenters. The van der Waals surface area contributed by atoms with E-state index in [9.17, 15) is 13.2 Å². The minimum Gasteiger partial charge on any atom is -0.376 e. The first kappa shape index (κ1) is 13.9. The van der Waals surface area contributed by atoms with Crippen molar-refractivity contribution in [3.63, 3.8) is 0 Å². The van der Waals surface area contributed by atoms with Gasteiger partial charge in [-0.25, -0.2) is 18.2 Å². The first-order valence-corrected chi connectivity index (χ1v) is 7.22. The van der Waals surface area contributed by atoms with Gasteiger partial charge in [0.25, 0.3) is 10.0 Å². The third-order valence-electron chi connectivity index (χ3n) is 2.80. The van der Waals surface area contributed by atoms with E-state index in [-0.39, 0.29) is 24.8 Å². The molecule has 104 valence electrons. The average Bonchev–Trinajstić information content (AvgIpc) is 2.89. The van der Waals surface area contributed by atoms with Crippen molar-refractivity contribution in [1.29, 1.82) is 0 Å². The fourth-order valence-corrected chi connectivity index (χ4v) is 3.22. The Labute approximate surface area is 110 Å². The van der Waals surface area contributed by atoms with Crippen LogP contribution in [-0.2, 0) is 26.1 Å². The zero-order chi connectivity index (χ0) is 13.9. The van der Waals surface area contributed by atoms with Crippen LogP contribution in [-0.4, -0.2) is 54.3 Å². The summed E-state index contributed by atoms with van der Waals surface area (Å²) >= 11 is 0. The molecule has 0 bridgehead atoms. The van der Waals surface area contributed by atoms with E-state index in [4.69, 9.17) is 4.74 Å². The van der Waals surface area contributed by atoms with Crippen LogP contribution in [0.4, 0.5) is 0 Å². The predicted octanol–water partition coefficient (Wildman–Crippen LogP) is -0.414. The normalized spacial score (nSPS) is 21.0. The Balaban J connectivity index is 2.33. The van der Waals surface area contributed by atoms with Crippen LogP contribution in [0.3, 0.4) is 0 Å². The molecule has 0 aliphatic carbocycles. The summed E-state index contributed by atoms with van der Waals surface area (Å²) in [4.78, 5) is 17.7. The van der Waals surface area contributed by atoms with Crippen molar-refractivity contribution in [1.82, 2.24) is 13.9 Å². The molecule has 9 heteroatoms. The summed E-state index contributed by atoms with van der Waals surface area (Å²) in [6.07, 6.45) is 3.40. The van der Waals surface area contributed by atoms with Crippen molar-refractivity contribution in [2.45, 2.75) is 24.7 Å². The molecule has 2 rings (SSSR count). The number of isocyanates is 1. The molecule has 1 saturated heterocycles. The minimum atomic E-state index is -3.77. The van der Waals surface area contributed by atoms with Gasteiger partial charge in [-0.1, -0.05) is 0 Å². The molecule has 0 saturated carbocycles. The van der Waals surface area contributed by atoms with Gasteiger partial charge >= 0.3 is 0 Å². The van der Waals surface area contributed by atoms with E-state index < -0.39 is 16.2 Å². The number of aromatic nitrogens is 2. The molecule has 0 N–H and O–H groups in total. The Bertz CT molecular complexity index is 590. The second-order valence-corrected chi connectivity index (χ2v) is 5.77. The number of ether oxygens (including phenoxy) is 1. The van der Waals surface area contributed by atoms with Crippen LogP contribution >= 0.6 is 0 Å². The number of hydrogen-bond donors (Lipinski definition) is 0. The number of sulfonamides is 1. The Morgan fingerprint density at radius 1 is 1.63 bits per heavy atom. The van der Waals surface area contributed by atoms with E-state index in [0.717, 1.165) is 4.31 Å². The van der Waals surface area contributed by atoms with Crippen LogP contribution in [0.2, 0.25) is 0 Å². The fraction of sp³-hybridized carbons (Fsp3) is 0.600. The number of rotatable bonds is 4. The molecule has 0 amide bonds. The van der Waals surface area contributed by atoms with Gasteiger partial charge in [-0.2, -0.15) is 9.30 Å². The average molecular weight is 286 g/mol. The summed E-state index contributed by atoms with van der Waals surface area (Å²) in [6, 6.07) is 0. The van der Waals surface area contributed by atoms with E-state index in [2.05, 4.69) is 9.98 Å². The van der Waals surface area contributed by atoms with Crippen molar-refractivity contribution < 1.29 is 17.9 Å². The standard InChI is InChI=1S/C10H14N4O4S/c1-2-13-5-10(11-7-13)19(16,17)14-3-4-18-6-9(14)12-8-15/h5,7,9H,2-4,6H2,1H3. The molecule has 8 nitrogen and oxygen atoms in total. The first-order chi connectivity index (χ1) is 9.09. The second kappa shape index (κ2) is 5.62. The van der Waals surface area contributed by atoms with Gasteiger partial charge in [0.2, 0.25) is 6.08 Å². The van der Waals surface area contributed by atoms with Gasteiger partial charge in [0.15, 0.2) is 11.2 Å². The maximum absolute atomic E-state index is 12.4. The molecule has 1 aliphatic rings. The summed E-state index contributed by atoms with van der Waals surface area (Å²) < 4.78 is 32.7. The van der Waals surface area contributed by atoms with Gasteiger partial charge in [-0.3, -0.25) is 0 Å². The highest BCUT2D eigenvalue weighted by atomic mass is 32.2. The number of aryl methyl sites for hydroxylation is 1. The summed E-state index contributed by atoms with van der Waals surface area (Å²) in [5, 5.41) is -0.0534. The molecule has 0 aromatic carbocycles. The summed E-state index contributed by atoms with van der Waals surface area (Å²) in [5.74, 6) is 0. The molecule has 1 fully saturated rings. The predicted molar refractivity (Wildman–Crippen MR) is 64.5 cm³/mol. The maximum atomic E-state index is 12.4. The first-order valence-electron chi connectivity index (χ1n) is 5.78. The lowest BCUT2D eigenvalue weighted by Crippen LogP contribution is -2.47. The van der Waals surface area contributed by atoms with Crippen LogP contribution < -0.4 is 0 Å². The maximum Gasteiger partial charge on any atom is 0.264 e. The third kappa shape index (κ3) is 2.74. The Hall–Kier alpha value is -1.54. The number of imidazole rings is 1. The van der Waals surface area contributed by atoms with E-state index in [1.165, 1.54) is 18.6 Å². The molecule has 1 unspecified atom stereocenters. The zero-order valence-corrected chi connectivity index (χ0v) is 11.2. The molecule has 1 aromatic heterocycles. The lowest BCUT2D eigenvalue weighted by atomic mass is 10.4. The van der Waals surface area contributed by atoms with Crippen LogP contribution in [0, 0.1) is 0 Å². The van der Waals surface area contributed by atoms with Gasteiger partial charge in [-0.15, -0.1) is 0 Å². The molecule has 1 aliphatic heterocycles. The molecule has 0 spiro atoms. The van der Waals surface area contributed by atoms with E-state index >= 15 is 0 Å². The van der Waals surface area contributed by atoms with Crippen LogP contribution in [0.25, 0.3) is 0 Å². The van der Waals surface area contributed by atoms with E-state index in [1.54, 1.807) is 4.57 Å². The summed E-state index contributed by atoms with van der Waals surface area (Å²) in [7, 11) is -3.77. The Kier molecular flexibility index (Phi) is 4.11. The fourth-order valence-electron chi connectivity index (χ4n) is 1.78. The highest BCUT2D eigenvalue weighted by Gasteiger charge is 2.35. The molecular weight excluding hydrogens is 272 g/mol. The van der Waals surface area contributed by atoms with Crippen molar-refractivity contribution >= 4 is 16.1 Å². The molecule has 1 aromatic rings. The van der Waals surface area contributed by atoms with Gasteiger partial charge in [-0.05, 0) is 6.92 Å². The van der Waals surface area contributed by atoms with E-state index in [1.807, 2.05) is 6.92 Å². The molecule has 0 radical (unpaired) electrons. The molecule has 2 heterocycles. The van der Waals surface area contributed by atoms with Gasteiger partial charge in [0.1, 0.15) is 0 Å². The lowest BCUT2D eigenvalue weighted by Gasteiger charge is -2.30. The van der Waals surface area contributed by atoms with Gasteiger partial charge in [0.05, 0.1) is 19.5 Å². The zero-order valence-electron chi connectivity index (χ0n) is 10.4. The monoisotopic (exact) mass is 286 g/mol. The Morgan fingerprint density at radius 2 is 2.42 bits per heavy atom. The number of nitrogens with zero attached hydrogens (tertiary/aromatic N) is 4. The van der Waals surface area contributed by atoms with Crippen LogP contribution in [0.15, 0.2) is 22.5 Å². The number of morpholine rings is 1. The highest BCUT2D eigenvalue weighted by molar-refractivity contribution is 7.89. The van der Waals surface area contributed by atoms with Crippen LogP contribution in [0.5, 0.6) is 0 Å². The van der Waals surface area contributed by atoms with Crippen molar-refractivity contribution in [3.8, 4) is 0 Å². The summed E-state index contributed by atoms with van der Waals surface area (Å²) in [5.41, 5.74) is 0. The van der Waals surface area contributed by atoms with E-state index in [0.29, 0.717) is 6.54 Å². The lowest BCUT2D eigenvalue weighted by molar-refractivity contribution is 0.0358. The topological polar surface area (TPSA) is 93.9 Å². The number of carbonyl (C=O) groups excluding carboxylic acids is 1. The van der Waals surface area contributed by atoms with Crippen molar-refractivity contribution in [2.75, 3.05) is 19.8 Å². The second-order valence-electron chi connectivity index (χ2n) is 3.93. The van der Waals surface area contributed by atoms with Crippen molar-refractivity contribution in [2.24, 2.45) is 4.99 Å². The molecule has 19 heavy (non-hydrogen) atoms. The largest absolute Gasteiger partial charge is 0.376 e. The Morgan fingerprint density at radius 3 is 3.05 bits per heavy atom. The van der Waals surface area contributed by atoms with Gasteiger partial charge < -0.3 is 9.30 Å². The van der Waals surface area contributed by atoms with Gasteiger partial charge in [0, 0.05) is 19.3 Å². The molecular formula is C10H14N4O4S. The van der Waals surface area contributed by atoms with Crippen molar-refractivity contribution in [3.05, 3.63) is 12.5 Å².